The third kappa shape index (κ3) is 5.76. The van der Waals surface area contributed by atoms with Gasteiger partial charge < -0.3 is 13.9 Å². The van der Waals surface area contributed by atoms with E-state index < -0.39 is 7.60 Å². The molecule has 0 aromatic heterocycles. The summed E-state index contributed by atoms with van der Waals surface area (Å²) >= 11 is 0. The summed E-state index contributed by atoms with van der Waals surface area (Å²) in [6.45, 7) is 5.85. The molecular formula is C16H24NO4P. The molecule has 0 radical (unpaired) electrons. The molecule has 0 saturated heterocycles. The van der Waals surface area contributed by atoms with Crippen LogP contribution in [0.1, 0.15) is 26.3 Å². The number of amides is 1. The van der Waals surface area contributed by atoms with Crippen LogP contribution in [-0.4, -0.2) is 37.2 Å². The van der Waals surface area contributed by atoms with Crippen molar-refractivity contribution in [2.45, 2.75) is 20.8 Å². The maximum atomic E-state index is 12.4. The van der Waals surface area contributed by atoms with Gasteiger partial charge in [0, 0.05) is 13.2 Å². The second kappa shape index (κ2) is 8.89. The lowest BCUT2D eigenvalue weighted by molar-refractivity contribution is -0.125. The molecule has 22 heavy (non-hydrogen) atoms. The van der Waals surface area contributed by atoms with Crippen LogP contribution in [0.15, 0.2) is 36.5 Å². The summed E-state index contributed by atoms with van der Waals surface area (Å²) < 4.78 is 22.7. The normalized spacial score (nSPS) is 12.3. The van der Waals surface area contributed by atoms with Gasteiger partial charge in [-0.3, -0.25) is 9.36 Å². The molecule has 1 amide bonds. The topological polar surface area (TPSA) is 55.8 Å². The molecule has 0 atom stereocenters. The van der Waals surface area contributed by atoms with Gasteiger partial charge in [0.05, 0.1) is 13.2 Å². The highest BCUT2D eigenvalue weighted by molar-refractivity contribution is 7.54. The van der Waals surface area contributed by atoms with Crippen LogP contribution in [0.25, 0.3) is 5.57 Å². The third-order valence-electron chi connectivity index (χ3n) is 2.99. The Morgan fingerprint density at radius 2 is 1.73 bits per heavy atom. The van der Waals surface area contributed by atoms with Gasteiger partial charge in [0.15, 0.2) is 0 Å². The van der Waals surface area contributed by atoms with Crippen molar-refractivity contribution in [1.29, 1.82) is 0 Å². The Morgan fingerprint density at radius 1 is 1.18 bits per heavy atom. The summed E-state index contributed by atoms with van der Waals surface area (Å²) in [4.78, 5) is 13.6. The average Bonchev–Trinajstić information content (AvgIpc) is 2.48. The van der Waals surface area contributed by atoms with Crippen molar-refractivity contribution in [3.8, 4) is 0 Å². The van der Waals surface area contributed by atoms with E-state index in [9.17, 15) is 9.36 Å². The van der Waals surface area contributed by atoms with Crippen molar-refractivity contribution in [1.82, 2.24) is 4.90 Å². The van der Waals surface area contributed by atoms with E-state index in [2.05, 4.69) is 0 Å². The first-order valence-electron chi connectivity index (χ1n) is 7.29. The summed E-state index contributed by atoms with van der Waals surface area (Å²) in [5.74, 6) is -0.305. The van der Waals surface area contributed by atoms with Crippen LogP contribution in [0.4, 0.5) is 0 Å². The molecule has 0 bridgehead atoms. The molecule has 0 heterocycles. The number of carbonyl (C=O) groups excluding carboxylic acids is 1. The van der Waals surface area contributed by atoms with Gasteiger partial charge in [-0.15, -0.1) is 0 Å². The van der Waals surface area contributed by atoms with Crippen molar-refractivity contribution < 1.29 is 18.4 Å². The molecule has 0 N–H and O–H groups in total. The van der Waals surface area contributed by atoms with E-state index in [1.807, 2.05) is 37.3 Å². The van der Waals surface area contributed by atoms with Crippen molar-refractivity contribution in [3.63, 3.8) is 0 Å². The van der Waals surface area contributed by atoms with Gasteiger partial charge in [-0.2, -0.15) is 0 Å². The fraction of sp³-hybridized carbons (Fsp3) is 0.438. The third-order valence-corrected chi connectivity index (χ3v) is 4.95. The molecule has 5 nitrogen and oxygen atoms in total. The Hall–Kier alpha value is -1.42. The van der Waals surface area contributed by atoms with E-state index in [0.717, 1.165) is 11.1 Å². The van der Waals surface area contributed by atoms with Crippen LogP contribution < -0.4 is 0 Å². The van der Waals surface area contributed by atoms with Crippen LogP contribution in [0.5, 0.6) is 0 Å². The van der Waals surface area contributed by atoms with E-state index in [4.69, 9.17) is 9.05 Å². The predicted octanol–water partition coefficient (Wildman–Crippen LogP) is 3.77. The van der Waals surface area contributed by atoms with Gasteiger partial charge in [-0.1, -0.05) is 30.3 Å². The first-order valence-corrected chi connectivity index (χ1v) is 9.02. The molecular weight excluding hydrogens is 301 g/mol. The molecule has 0 aliphatic carbocycles. The summed E-state index contributed by atoms with van der Waals surface area (Å²) in [6, 6.07) is 9.75. The van der Waals surface area contributed by atoms with E-state index in [0.29, 0.717) is 0 Å². The van der Waals surface area contributed by atoms with Gasteiger partial charge in [-0.05, 0) is 31.9 Å². The molecule has 0 aliphatic heterocycles. The largest absolute Gasteiger partial charge is 0.340 e. The standard InChI is InChI=1S/C16H24NO4P/c1-5-20-22(19,21-6-2)13-16(18)17(4)12-14(3)15-10-8-7-9-11-15/h7-12H,5-6,13H2,1-4H3/b14-12+. The SMILES string of the molecule is CCOP(=O)(CC(=O)N(C)/C=C(\C)c1ccccc1)OCC. The Kier molecular flexibility index (Phi) is 7.52. The first kappa shape index (κ1) is 18.6. The minimum atomic E-state index is -3.37. The van der Waals surface area contributed by atoms with Gasteiger partial charge in [0.2, 0.25) is 5.91 Å². The molecule has 0 aliphatic rings. The Labute approximate surface area is 132 Å². The highest BCUT2D eigenvalue weighted by atomic mass is 31.2. The fourth-order valence-electron chi connectivity index (χ4n) is 1.94. The van der Waals surface area contributed by atoms with Crippen LogP contribution in [0.2, 0.25) is 0 Å². The maximum absolute atomic E-state index is 12.4. The van der Waals surface area contributed by atoms with Crippen molar-refractivity contribution in [2.75, 3.05) is 26.4 Å². The van der Waals surface area contributed by atoms with Crippen LogP contribution in [0.3, 0.4) is 0 Å². The van der Waals surface area contributed by atoms with Crippen LogP contribution >= 0.6 is 7.60 Å². The summed E-state index contributed by atoms with van der Waals surface area (Å²) in [7, 11) is -1.73. The van der Waals surface area contributed by atoms with E-state index in [1.54, 1.807) is 27.1 Å². The van der Waals surface area contributed by atoms with E-state index >= 15 is 0 Å². The number of benzene rings is 1. The van der Waals surface area contributed by atoms with Crippen molar-refractivity contribution >= 4 is 19.1 Å². The van der Waals surface area contributed by atoms with Gasteiger partial charge in [0.1, 0.15) is 6.16 Å². The quantitative estimate of drug-likeness (QED) is 0.683. The smallest absolute Gasteiger partial charge is 0.321 e. The second-order valence-electron chi connectivity index (χ2n) is 4.79. The Morgan fingerprint density at radius 3 is 2.23 bits per heavy atom. The first-order chi connectivity index (χ1) is 10.4. The predicted molar refractivity (Wildman–Crippen MR) is 88.6 cm³/mol. The molecule has 1 rings (SSSR count). The minimum Gasteiger partial charge on any atom is -0.321 e. The monoisotopic (exact) mass is 325 g/mol. The average molecular weight is 325 g/mol. The number of allylic oxidation sites excluding steroid dienone is 1. The zero-order valence-electron chi connectivity index (χ0n) is 13.6. The van der Waals surface area contributed by atoms with Crippen LogP contribution in [-0.2, 0) is 18.4 Å². The summed E-state index contributed by atoms with van der Waals surface area (Å²) in [5, 5.41) is 0. The van der Waals surface area contributed by atoms with Gasteiger partial charge in [-0.25, -0.2) is 0 Å². The summed E-state index contributed by atoms with van der Waals surface area (Å²) in [5.41, 5.74) is 1.97. The number of hydrogen-bond donors (Lipinski definition) is 0. The number of nitrogens with zero attached hydrogens (tertiary/aromatic N) is 1. The molecule has 1 aromatic rings. The molecule has 0 spiro atoms. The molecule has 6 heteroatoms. The highest BCUT2D eigenvalue weighted by Crippen LogP contribution is 2.47. The lowest BCUT2D eigenvalue weighted by Gasteiger charge is -2.19. The lowest BCUT2D eigenvalue weighted by atomic mass is 10.1. The lowest BCUT2D eigenvalue weighted by Crippen LogP contribution is -2.25. The molecule has 122 valence electrons. The van der Waals surface area contributed by atoms with E-state index in [1.165, 1.54) is 4.90 Å². The molecule has 0 unspecified atom stereocenters. The maximum Gasteiger partial charge on any atom is 0.340 e. The van der Waals surface area contributed by atoms with Gasteiger partial charge >= 0.3 is 7.60 Å². The van der Waals surface area contributed by atoms with Crippen molar-refractivity contribution in [2.24, 2.45) is 0 Å². The van der Waals surface area contributed by atoms with Gasteiger partial charge in [0.25, 0.3) is 0 Å². The molecule has 0 fully saturated rings. The van der Waals surface area contributed by atoms with Crippen molar-refractivity contribution in [3.05, 3.63) is 42.1 Å². The van der Waals surface area contributed by atoms with Crippen LogP contribution in [0, 0.1) is 0 Å². The molecule has 0 saturated carbocycles. The Balaban J connectivity index is 2.78. The van der Waals surface area contributed by atoms with E-state index in [-0.39, 0.29) is 25.3 Å². The zero-order chi connectivity index (χ0) is 16.6. The second-order valence-corrected chi connectivity index (χ2v) is 6.84. The zero-order valence-corrected chi connectivity index (χ0v) is 14.5. The molecule has 1 aromatic carbocycles. The number of hydrogen-bond acceptors (Lipinski definition) is 4. The summed E-state index contributed by atoms with van der Waals surface area (Å²) in [6.07, 6.45) is 1.46. The number of rotatable bonds is 8. The Bertz CT molecular complexity index is 547. The minimum absolute atomic E-state index is 0.243. The number of carbonyl (C=O) groups is 1. The fourth-order valence-corrected chi connectivity index (χ4v) is 3.54. The highest BCUT2D eigenvalue weighted by Gasteiger charge is 2.28.